The van der Waals surface area contributed by atoms with Crippen LogP contribution in [0.15, 0.2) is 12.2 Å². The van der Waals surface area contributed by atoms with Crippen molar-refractivity contribution in [1.82, 2.24) is 0 Å². The van der Waals surface area contributed by atoms with Crippen LogP contribution in [0.25, 0.3) is 0 Å². The van der Waals surface area contributed by atoms with Crippen LogP contribution in [0.1, 0.15) is 97.3 Å². The Morgan fingerprint density at radius 3 is 1.71 bits per heavy atom. The molecule has 0 heterocycles. The monoisotopic (exact) mass is 296 g/mol. The third-order valence-corrected chi connectivity index (χ3v) is 4.31. The Kier molecular flexibility index (Phi) is 13.6. The Morgan fingerprint density at radius 2 is 1.29 bits per heavy atom. The molecule has 21 heavy (non-hydrogen) atoms. The molecule has 0 aliphatic carbocycles. The molecule has 2 nitrogen and oxygen atoms in total. The van der Waals surface area contributed by atoms with Gasteiger partial charge in [0, 0.05) is 5.57 Å². The number of hydrogen-bond acceptors (Lipinski definition) is 1. The van der Waals surface area contributed by atoms with Gasteiger partial charge in [-0.15, -0.1) is 0 Å². The predicted molar refractivity (Wildman–Crippen MR) is 91.6 cm³/mol. The van der Waals surface area contributed by atoms with Crippen molar-refractivity contribution in [3.63, 3.8) is 0 Å². The SMILES string of the molecule is C=C(C(=O)O)C(CCC)CCCCCCCCCCCC. The van der Waals surface area contributed by atoms with Crippen LogP contribution < -0.4 is 0 Å². The second-order valence-corrected chi connectivity index (χ2v) is 6.29. The van der Waals surface area contributed by atoms with E-state index in [0.29, 0.717) is 5.57 Å². The summed E-state index contributed by atoms with van der Waals surface area (Å²) < 4.78 is 0. The topological polar surface area (TPSA) is 37.3 Å². The molecule has 0 amide bonds. The van der Waals surface area contributed by atoms with Gasteiger partial charge in [0.2, 0.25) is 0 Å². The summed E-state index contributed by atoms with van der Waals surface area (Å²) in [5.74, 6) is -0.637. The van der Waals surface area contributed by atoms with Crippen molar-refractivity contribution in [2.75, 3.05) is 0 Å². The van der Waals surface area contributed by atoms with Gasteiger partial charge >= 0.3 is 5.97 Å². The molecule has 0 aliphatic rings. The third-order valence-electron chi connectivity index (χ3n) is 4.31. The standard InChI is InChI=1S/C19H36O2/c1-4-6-7-8-9-10-11-12-13-14-16-18(15-5-2)17(3)19(20)21/h18H,3-16H2,1-2H3,(H,20,21). The van der Waals surface area contributed by atoms with Crippen LogP contribution in [0.4, 0.5) is 0 Å². The number of hydrogen-bond donors (Lipinski definition) is 1. The number of unbranched alkanes of at least 4 members (excludes halogenated alkanes) is 9. The Morgan fingerprint density at radius 1 is 0.810 bits per heavy atom. The molecule has 0 rings (SSSR count). The van der Waals surface area contributed by atoms with Crippen LogP contribution in [0.5, 0.6) is 0 Å². The molecule has 0 saturated heterocycles. The molecule has 0 radical (unpaired) electrons. The Bertz CT molecular complexity index is 271. The average molecular weight is 296 g/mol. The minimum Gasteiger partial charge on any atom is -0.478 e. The van der Waals surface area contributed by atoms with E-state index < -0.39 is 5.97 Å². The molecule has 0 fully saturated rings. The number of carbonyl (C=O) groups is 1. The van der Waals surface area contributed by atoms with Crippen molar-refractivity contribution in [2.24, 2.45) is 5.92 Å². The zero-order chi connectivity index (χ0) is 15.9. The van der Waals surface area contributed by atoms with Gasteiger partial charge in [0.15, 0.2) is 0 Å². The molecule has 1 unspecified atom stereocenters. The van der Waals surface area contributed by atoms with Gasteiger partial charge in [0.05, 0.1) is 0 Å². The lowest BCUT2D eigenvalue weighted by Gasteiger charge is -2.15. The summed E-state index contributed by atoms with van der Waals surface area (Å²) in [5.41, 5.74) is 0.410. The van der Waals surface area contributed by atoms with E-state index in [4.69, 9.17) is 5.11 Å². The molecule has 2 heteroatoms. The van der Waals surface area contributed by atoms with E-state index in [1.807, 2.05) is 0 Å². The molecular formula is C19H36O2. The summed E-state index contributed by atoms with van der Waals surface area (Å²) in [6, 6.07) is 0. The van der Waals surface area contributed by atoms with Gasteiger partial charge < -0.3 is 5.11 Å². The Balaban J connectivity index is 3.54. The third kappa shape index (κ3) is 11.5. The normalized spacial score (nSPS) is 12.3. The summed E-state index contributed by atoms with van der Waals surface area (Å²) >= 11 is 0. The van der Waals surface area contributed by atoms with Crippen molar-refractivity contribution in [1.29, 1.82) is 0 Å². The zero-order valence-electron chi connectivity index (χ0n) is 14.3. The molecule has 0 bridgehead atoms. The molecule has 1 atom stereocenters. The number of aliphatic carboxylic acids is 1. The first-order valence-electron chi connectivity index (χ1n) is 9.05. The lowest BCUT2D eigenvalue weighted by Crippen LogP contribution is -2.11. The van der Waals surface area contributed by atoms with Gasteiger partial charge in [-0.05, 0) is 18.8 Å². The minimum absolute atomic E-state index is 0.182. The predicted octanol–water partition coefficient (Wildman–Crippen LogP) is 6.35. The highest BCUT2D eigenvalue weighted by Gasteiger charge is 2.16. The molecule has 0 aliphatic heterocycles. The van der Waals surface area contributed by atoms with Crippen LogP contribution in [0, 0.1) is 5.92 Å². The van der Waals surface area contributed by atoms with E-state index in [0.717, 1.165) is 25.7 Å². The van der Waals surface area contributed by atoms with Crippen molar-refractivity contribution >= 4 is 5.97 Å². The first kappa shape index (κ1) is 20.2. The fourth-order valence-corrected chi connectivity index (χ4v) is 2.89. The second-order valence-electron chi connectivity index (χ2n) is 6.29. The second kappa shape index (κ2) is 14.2. The summed E-state index contributed by atoms with van der Waals surface area (Å²) in [7, 11) is 0. The lowest BCUT2D eigenvalue weighted by atomic mass is 9.90. The zero-order valence-corrected chi connectivity index (χ0v) is 14.3. The molecule has 0 aromatic heterocycles. The van der Waals surface area contributed by atoms with Crippen LogP contribution in [0.3, 0.4) is 0 Å². The van der Waals surface area contributed by atoms with Crippen molar-refractivity contribution in [2.45, 2.75) is 97.3 Å². The highest BCUT2D eigenvalue weighted by Crippen LogP contribution is 2.23. The number of carboxylic acid groups (broad SMARTS) is 1. The maximum absolute atomic E-state index is 11.0. The minimum atomic E-state index is -0.819. The number of carboxylic acids is 1. The molecule has 0 aromatic rings. The summed E-state index contributed by atoms with van der Waals surface area (Å²) in [4.78, 5) is 11.0. The van der Waals surface area contributed by atoms with Crippen LogP contribution in [0.2, 0.25) is 0 Å². The van der Waals surface area contributed by atoms with Gasteiger partial charge in [-0.3, -0.25) is 0 Å². The molecular weight excluding hydrogens is 260 g/mol. The summed E-state index contributed by atoms with van der Waals surface area (Å²) in [6.45, 7) is 8.10. The summed E-state index contributed by atoms with van der Waals surface area (Å²) in [6.07, 6.45) is 16.3. The van der Waals surface area contributed by atoms with Crippen LogP contribution >= 0.6 is 0 Å². The van der Waals surface area contributed by atoms with Crippen molar-refractivity contribution < 1.29 is 9.90 Å². The highest BCUT2D eigenvalue weighted by atomic mass is 16.4. The van der Waals surface area contributed by atoms with E-state index in [1.54, 1.807) is 0 Å². The van der Waals surface area contributed by atoms with E-state index in [2.05, 4.69) is 20.4 Å². The molecule has 0 saturated carbocycles. The van der Waals surface area contributed by atoms with E-state index >= 15 is 0 Å². The van der Waals surface area contributed by atoms with E-state index in [9.17, 15) is 4.79 Å². The highest BCUT2D eigenvalue weighted by molar-refractivity contribution is 5.86. The summed E-state index contributed by atoms with van der Waals surface area (Å²) in [5, 5.41) is 9.04. The van der Waals surface area contributed by atoms with E-state index in [-0.39, 0.29) is 5.92 Å². The Labute approximate surface area is 132 Å². The quantitative estimate of drug-likeness (QED) is 0.282. The fourth-order valence-electron chi connectivity index (χ4n) is 2.89. The van der Waals surface area contributed by atoms with Crippen LogP contribution in [-0.2, 0) is 4.79 Å². The van der Waals surface area contributed by atoms with Gasteiger partial charge in [-0.25, -0.2) is 4.79 Å². The number of rotatable bonds is 15. The van der Waals surface area contributed by atoms with Crippen LogP contribution in [-0.4, -0.2) is 11.1 Å². The first-order valence-corrected chi connectivity index (χ1v) is 9.05. The van der Waals surface area contributed by atoms with Gasteiger partial charge in [0.1, 0.15) is 0 Å². The first-order chi connectivity index (χ1) is 10.1. The Hall–Kier alpha value is -0.790. The van der Waals surface area contributed by atoms with E-state index in [1.165, 1.54) is 57.8 Å². The largest absolute Gasteiger partial charge is 0.478 e. The van der Waals surface area contributed by atoms with Crippen molar-refractivity contribution in [3.8, 4) is 0 Å². The average Bonchev–Trinajstić information content (AvgIpc) is 2.47. The van der Waals surface area contributed by atoms with Gasteiger partial charge in [-0.1, -0.05) is 91.1 Å². The fraction of sp³-hybridized carbons (Fsp3) is 0.842. The van der Waals surface area contributed by atoms with Gasteiger partial charge in [-0.2, -0.15) is 0 Å². The maximum Gasteiger partial charge on any atom is 0.331 e. The molecule has 0 spiro atoms. The molecule has 0 aromatic carbocycles. The maximum atomic E-state index is 11.0. The molecule has 1 N–H and O–H groups in total. The van der Waals surface area contributed by atoms with Crippen molar-refractivity contribution in [3.05, 3.63) is 12.2 Å². The molecule has 124 valence electrons. The smallest absolute Gasteiger partial charge is 0.331 e. The van der Waals surface area contributed by atoms with Gasteiger partial charge in [0.25, 0.3) is 0 Å². The lowest BCUT2D eigenvalue weighted by molar-refractivity contribution is -0.133.